The van der Waals surface area contributed by atoms with Crippen LogP contribution in [-0.4, -0.2) is 4.57 Å². The van der Waals surface area contributed by atoms with Gasteiger partial charge in [-0.05, 0) is 76.5 Å². The van der Waals surface area contributed by atoms with Crippen LogP contribution in [0.5, 0.6) is 0 Å². The summed E-state index contributed by atoms with van der Waals surface area (Å²) in [6.45, 7) is 0. The van der Waals surface area contributed by atoms with E-state index in [2.05, 4.69) is 191 Å². The summed E-state index contributed by atoms with van der Waals surface area (Å²) in [6.07, 6.45) is 0. The Kier molecular flexibility index (Phi) is 6.17. The Morgan fingerprint density at radius 2 is 0.978 bits per heavy atom. The van der Waals surface area contributed by atoms with Gasteiger partial charge in [0, 0.05) is 38.6 Å². The van der Waals surface area contributed by atoms with Crippen LogP contribution < -0.4 is 4.90 Å². The summed E-state index contributed by atoms with van der Waals surface area (Å²) in [4.78, 5) is 2.38. The standard InChI is InChI=1S/C44H30N2/c1-3-14-35(15-4-1)45(37-26-24-32(25-27-37)34-23-22-31-12-7-8-13-33(31)30-34)42-21-11-19-40-39(42)28-29-41-38-18-9-10-20-43(38)46(44(40)41)36-16-5-2-6-17-36/h1-30H. The second-order valence-electron chi connectivity index (χ2n) is 11.8. The van der Waals surface area contributed by atoms with Crippen molar-refractivity contribution in [1.29, 1.82) is 0 Å². The van der Waals surface area contributed by atoms with E-state index in [0.717, 1.165) is 22.7 Å². The van der Waals surface area contributed by atoms with Crippen molar-refractivity contribution in [3.8, 4) is 16.8 Å². The maximum absolute atomic E-state index is 2.42. The lowest BCUT2D eigenvalue weighted by Crippen LogP contribution is -2.10. The lowest BCUT2D eigenvalue weighted by molar-refractivity contribution is 1.19. The van der Waals surface area contributed by atoms with Crippen LogP contribution in [0.3, 0.4) is 0 Å². The lowest BCUT2D eigenvalue weighted by Gasteiger charge is -2.27. The Bertz CT molecular complexity index is 2510. The van der Waals surface area contributed by atoms with E-state index in [1.165, 1.54) is 54.5 Å². The molecule has 0 N–H and O–H groups in total. The zero-order valence-corrected chi connectivity index (χ0v) is 25.2. The van der Waals surface area contributed by atoms with E-state index < -0.39 is 0 Å². The van der Waals surface area contributed by atoms with Gasteiger partial charge in [-0.1, -0.05) is 127 Å². The van der Waals surface area contributed by atoms with Crippen LogP contribution >= 0.6 is 0 Å². The van der Waals surface area contributed by atoms with Crippen molar-refractivity contribution in [3.05, 3.63) is 182 Å². The normalized spacial score (nSPS) is 11.5. The average molecular weight is 587 g/mol. The number of rotatable bonds is 5. The fraction of sp³-hybridized carbons (Fsp3) is 0. The van der Waals surface area contributed by atoms with E-state index in [-0.39, 0.29) is 0 Å². The molecule has 0 bridgehead atoms. The topological polar surface area (TPSA) is 8.17 Å². The predicted molar refractivity (Wildman–Crippen MR) is 196 cm³/mol. The molecule has 0 aliphatic rings. The molecule has 0 aliphatic heterocycles. The first-order valence-corrected chi connectivity index (χ1v) is 15.8. The fourth-order valence-corrected chi connectivity index (χ4v) is 7.02. The third-order valence-corrected chi connectivity index (χ3v) is 9.15. The maximum Gasteiger partial charge on any atom is 0.0620 e. The van der Waals surface area contributed by atoms with Gasteiger partial charge >= 0.3 is 0 Å². The second-order valence-corrected chi connectivity index (χ2v) is 11.8. The van der Waals surface area contributed by atoms with E-state index in [1.54, 1.807) is 0 Å². The van der Waals surface area contributed by atoms with E-state index in [4.69, 9.17) is 0 Å². The molecule has 9 rings (SSSR count). The highest BCUT2D eigenvalue weighted by Crippen LogP contribution is 2.43. The number of aromatic nitrogens is 1. The van der Waals surface area contributed by atoms with Crippen molar-refractivity contribution in [2.24, 2.45) is 0 Å². The van der Waals surface area contributed by atoms with Crippen LogP contribution in [0, 0.1) is 0 Å². The summed E-state index contributed by atoms with van der Waals surface area (Å²) >= 11 is 0. The van der Waals surface area contributed by atoms with Gasteiger partial charge in [0.25, 0.3) is 0 Å². The van der Waals surface area contributed by atoms with Crippen LogP contribution in [0.2, 0.25) is 0 Å². The summed E-state index contributed by atoms with van der Waals surface area (Å²) in [5.74, 6) is 0. The number of hydrogen-bond acceptors (Lipinski definition) is 1. The minimum atomic E-state index is 1.12. The molecule has 0 unspecified atom stereocenters. The Hall–Kier alpha value is -6.12. The van der Waals surface area contributed by atoms with E-state index in [0.29, 0.717) is 0 Å². The SMILES string of the molecule is c1ccc(N(c2ccc(-c3ccc4ccccc4c3)cc2)c2cccc3c2ccc2c4ccccc4n(-c4ccccc4)c32)cc1. The van der Waals surface area contributed by atoms with Crippen molar-refractivity contribution in [2.45, 2.75) is 0 Å². The Morgan fingerprint density at radius 3 is 1.80 bits per heavy atom. The molecule has 0 amide bonds. The molecule has 0 aliphatic carbocycles. The molecule has 9 aromatic rings. The van der Waals surface area contributed by atoms with E-state index in [9.17, 15) is 0 Å². The molecule has 0 fully saturated rings. The van der Waals surface area contributed by atoms with Crippen molar-refractivity contribution >= 4 is 60.4 Å². The molecular weight excluding hydrogens is 556 g/mol. The average Bonchev–Trinajstić information content (AvgIpc) is 3.48. The van der Waals surface area contributed by atoms with Crippen LogP contribution in [0.15, 0.2) is 182 Å². The Labute approximate surface area is 268 Å². The summed E-state index contributed by atoms with van der Waals surface area (Å²) in [5, 5.41) is 7.47. The first kappa shape index (κ1) is 26.3. The van der Waals surface area contributed by atoms with Gasteiger partial charge in [-0.25, -0.2) is 0 Å². The molecule has 1 heterocycles. The van der Waals surface area contributed by atoms with Gasteiger partial charge in [0.15, 0.2) is 0 Å². The molecule has 0 saturated heterocycles. The van der Waals surface area contributed by atoms with Crippen LogP contribution in [-0.2, 0) is 0 Å². The van der Waals surface area contributed by atoms with Gasteiger partial charge < -0.3 is 9.47 Å². The number of benzene rings is 8. The highest BCUT2D eigenvalue weighted by Gasteiger charge is 2.19. The van der Waals surface area contributed by atoms with Crippen molar-refractivity contribution in [1.82, 2.24) is 4.57 Å². The fourth-order valence-electron chi connectivity index (χ4n) is 7.02. The highest BCUT2D eigenvalue weighted by molar-refractivity contribution is 6.20. The number of anilines is 3. The minimum Gasteiger partial charge on any atom is -0.310 e. The van der Waals surface area contributed by atoms with Crippen molar-refractivity contribution in [3.63, 3.8) is 0 Å². The molecule has 8 aromatic carbocycles. The van der Waals surface area contributed by atoms with Gasteiger partial charge in [-0.2, -0.15) is 0 Å². The summed E-state index contributed by atoms with van der Waals surface area (Å²) in [5.41, 5.74) is 9.42. The van der Waals surface area contributed by atoms with E-state index in [1.807, 2.05) is 0 Å². The number of nitrogens with zero attached hydrogens (tertiary/aromatic N) is 2. The van der Waals surface area contributed by atoms with Gasteiger partial charge in [-0.15, -0.1) is 0 Å². The van der Waals surface area contributed by atoms with Crippen molar-refractivity contribution in [2.75, 3.05) is 4.90 Å². The minimum absolute atomic E-state index is 1.12. The maximum atomic E-state index is 2.42. The van der Waals surface area contributed by atoms with Crippen molar-refractivity contribution < 1.29 is 0 Å². The largest absolute Gasteiger partial charge is 0.310 e. The third kappa shape index (κ3) is 4.27. The Morgan fingerprint density at radius 1 is 0.370 bits per heavy atom. The monoisotopic (exact) mass is 586 g/mol. The van der Waals surface area contributed by atoms with Crippen LogP contribution in [0.25, 0.3) is 60.2 Å². The second kappa shape index (κ2) is 10.8. The van der Waals surface area contributed by atoms with Crippen LogP contribution in [0.1, 0.15) is 0 Å². The third-order valence-electron chi connectivity index (χ3n) is 9.15. The molecule has 0 radical (unpaired) electrons. The highest BCUT2D eigenvalue weighted by atomic mass is 15.1. The van der Waals surface area contributed by atoms with Gasteiger partial charge in [0.05, 0.1) is 16.7 Å². The van der Waals surface area contributed by atoms with E-state index >= 15 is 0 Å². The van der Waals surface area contributed by atoms with Gasteiger partial charge in [0.1, 0.15) is 0 Å². The molecule has 0 saturated carbocycles. The van der Waals surface area contributed by atoms with Crippen LogP contribution in [0.4, 0.5) is 17.1 Å². The zero-order chi connectivity index (χ0) is 30.5. The van der Waals surface area contributed by atoms with Gasteiger partial charge in [-0.3, -0.25) is 0 Å². The molecule has 46 heavy (non-hydrogen) atoms. The molecule has 2 nitrogen and oxygen atoms in total. The molecule has 0 spiro atoms. The quantitative estimate of drug-likeness (QED) is 0.195. The lowest BCUT2D eigenvalue weighted by atomic mass is 10.00. The molecule has 2 heteroatoms. The molecule has 1 aromatic heterocycles. The summed E-state index contributed by atoms with van der Waals surface area (Å²) in [7, 11) is 0. The Balaban J connectivity index is 1.25. The summed E-state index contributed by atoms with van der Waals surface area (Å²) in [6, 6.07) is 65.7. The number of hydrogen-bond donors (Lipinski definition) is 0. The predicted octanol–water partition coefficient (Wildman–Crippen LogP) is 12.2. The zero-order valence-electron chi connectivity index (χ0n) is 25.2. The van der Waals surface area contributed by atoms with Gasteiger partial charge in [0.2, 0.25) is 0 Å². The molecular formula is C44H30N2. The number of para-hydroxylation sites is 3. The first-order chi connectivity index (χ1) is 22.8. The smallest absolute Gasteiger partial charge is 0.0620 e. The molecule has 0 atom stereocenters. The first-order valence-electron chi connectivity index (χ1n) is 15.8. The summed E-state index contributed by atoms with van der Waals surface area (Å²) < 4.78 is 2.42. The molecule has 216 valence electrons. The number of fused-ring (bicyclic) bond motifs is 6.